The predicted molar refractivity (Wildman–Crippen MR) is 81.6 cm³/mol. The zero-order chi connectivity index (χ0) is 15.3. The van der Waals surface area contributed by atoms with Crippen molar-refractivity contribution >= 4 is 16.0 Å². The lowest BCUT2D eigenvalue weighted by molar-refractivity contribution is 0.583. The lowest BCUT2D eigenvalue weighted by Gasteiger charge is -2.08. The Morgan fingerprint density at radius 1 is 1.10 bits per heavy atom. The van der Waals surface area contributed by atoms with Gasteiger partial charge in [-0.1, -0.05) is 18.2 Å². The van der Waals surface area contributed by atoms with E-state index in [0.717, 1.165) is 11.3 Å². The number of nitrogens with one attached hydrogen (secondary N) is 2. The fourth-order valence-corrected chi connectivity index (χ4v) is 2.71. The Kier molecular flexibility index (Phi) is 4.87. The number of nitrogens with zero attached hydrogens (tertiary/aromatic N) is 2. The number of hydrogen-bond acceptors (Lipinski definition) is 5. The van der Waals surface area contributed by atoms with Crippen LogP contribution in [0.15, 0.2) is 41.4 Å². The molecule has 0 aliphatic heterocycles. The first-order valence-electron chi connectivity index (χ1n) is 6.58. The van der Waals surface area contributed by atoms with Crippen LogP contribution < -0.4 is 10.0 Å². The molecule has 7 heteroatoms. The molecular formula is C14H18N4O2S. The highest BCUT2D eigenvalue weighted by molar-refractivity contribution is 7.89. The highest BCUT2D eigenvalue weighted by atomic mass is 32.2. The Morgan fingerprint density at radius 2 is 1.81 bits per heavy atom. The van der Waals surface area contributed by atoms with Crippen LogP contribution in [0.5, 0.6) is 0 Å². The Morgan fingerprint density at radius 3 is 2.48 bits per heavy atom. The minimum Gasteiger partial charge on any atom is -0.353 e. The average molecular weight is 306 g/mol. The summed E-state index contributed by atoms with van der Waals surface area (Å²) in [5.74, 6) is 0.497. The van der Waals surface area contributed by atoms with Gasteiger partial charge in [0.1, 0.15) is 0 Å². The SMILES string of the molecule is Cc1cnc(NCCNS(=O)(=O)c2ccccc2)nc1C. The molecule has 2 aromatic rings. The van der Waals surface area contributed by atoms with E-state index in [1.807, 2.05) is 13.8 Å². The maximum atomic E-state index is 12.0. The van der Waals surface area contributed by atoms with E-state index < -0.39 is 10.0 Å². The van der Waals surface area contributed by atoms with E-state index in [0.29, 0.717) is 12.5 Å². The van der Waals surface area contributed by atoms with Crippen molar-refractivity contribution in [3.63, 3.8) is 0 Å². The molecule has 0 unspecified atom stereocenters. The van der Waals surface area contributed by atoms with E-state index in [1.54, 1.807) is 36.5 Å². The van der Waals surface area contributed by atoms with Gasteiger partial charge in [-0.15, -0.1) is 0 Å². The zero-order valence-electron chi connectivity index (χ0n) is 12.0. The first-order chi connectivity index (χ1) is 9.99. The smallest absolute Gasteiger partial charge is 0.240 e. The van der Waals surface area contributed by atoms with Crippen molar-refractivity contribution in [2.45, 2.75) is 18.7 Å². The van der Waals surface area contributed by atoms with Crippen molar-refractivity contribution in [1.29, 1.82) is 0 Å². The van der Waals surface area contributed by atoms with Crippen LogP contribution in [0.1, 0.15) is 11.3 Å². The standard InChI is InChI=1S/C14H18N4O2S/c1-11-10-16-14(18-12(11)2)15-8-9-17-21(19,20)13-6-4-3-5-7-13/h3-7,10,17H,8-9H2,1-2H3,(H,15,16,18). The quantitative estimate of drug-likeness (QED) is 0.790. The van der Waals surface area contributed by atoms with E-state index >= 15 is 0 Å². The van der Waals surface area contributed by atoms with Crippen molar-refractivity contribution in [1.82, 2.24) is 14.7 Å². The lowest BCUT2D eigenvalue weighted by Crippen LogP contribution is -2.29. The molecule has 112 valence electrons. The summed E-state index contributed by atoms with van der Waals surface area (Å²) < 4.78 is 26.5. The molecule has 0 saturated carbocycles. The molecule has 2 rings (SSSR count). The summed E-state index contributed by atoms with van der Waals surface area (Å²) in [6.07, 6.45) is 1.73. The van der Waals surface area contributed by atoms with Crippen molar-refractivity contribution in [2.24, 2.45) is 0 Å². The molecule has 0 saturated heterocycles. The normalized spacial score (nSPS) is 11.3. The molecule has 2 N–H and O–H groups in total. The number of sulfonamides is 1. The van der Waals surface area contributed by atoms with E-state index in [9.17, 15) is 8.42 Å². The van der Waals surface area contributed by atoms with Crippen molar-refractivity contribution in [3.05, 3.63) is 47.8 Å². The van der Waals surface area contributed by atoms with Gasteiger partial charge in [0.2, 0.25) is 16.0 Å². The zero-order valence-corrected chi connectivity index (χ0v) is 12.8. The van der Waals surface area contributed by atoms with Gasteiger partial charge in [-0.2, -0.15) is 0 Å². The highest BCUT2D eigenvalue weighted by Gasteiger charge is 2.11. The maximum Gasteiger partial charge on any atom is 0.240 e. The summed E-state index contributed by atoms with van der Waals surface area (Å²) in [5, 5.41) is 2.99. The van der Waals surface area contributed by atoms with Crippen LogP contribution >= 0.6 is 0 Å². The Hall–Kier alpha value is -1.99. The van der Waals surface area contributed by atoms with Gasteiger partial charge >= 0.3 is 0 Å². The number of aryl methyl sites for hydroxylation is 2. The molecule has 6 nitrogen and oxygen atoms in total. The first-order valence-corrected chi connectivity index (χ1v) is 8.06. The average Bonchev–Trinajstić information content (AvgIpc) is 2.48. The molecule has 1 aromatic heterocycles. The van der Waals surface area contributed by atoms with Crippen LogP contribution in [0.4, 0.5) is 5.95 Å². The summed E-state index contributed by atoms with van der Waals surface area (Å²) in [4.78, 5) is 8.65. The third kappa shape index (κ3) is 4.24. The third-order valence-corrected chi connectivity index (χ3v) is 4.46. The Balaban J connectivity index is 1.86. The fourth-order valence-electron chi connectivity index (χ4n) is 1.66. The van der Waals surface area contributed by atoms with Crippen LogP contribution in [-0.2, 0) is 10.0 Å². The van der Waals surface area contributed by atoms with Crippen LogP contribution in [0.25, 0.3) is 0 Å². The minimum absolute atomic E-state index is 0.257. The van der Waals surface area contributed by atoms with E-state index in [4.69, 9.17) is 0 Å². The number of benzene rings is 1. The second kappa shape index (κ2) is 6.64. The van der Waals surface area contributed by atoms with E-state index in [1.165, 1.54) is 0 Å². The highest BCUT2D eigenvalue weighted by Crippen LogP contribution is 2.07. The molecule has 1 heterocycles. The van der Waals surface area contributed by atoms with Crippen LogP contribution in [0, 0.1) is 13.8 Å². The monoisotopic (exact) mass is 306 g/mol. The van der Waals surface area contributed by atoms with Gasteiger partial charge in [0, 0.05) is 25.0 Å². The molecule has 0 radical (unpaired) electrons. The maximum absolute atomic E-state index is 12.0. The number of anilines is 1. The fraction of sp³-hybridized carbons (Fsp3) is 0.286. The number of rotatable bonds is 6. The summed E-state index contributed by atoms with van der Waals surface area (Å²) in [6.45, 7) is 4.51. The van der Waals surface area contributed by atoms with Crippen LogP contribution in [0.3, 0.4) is 0 Å². The van der Waals surface area contributed by atoms with Gasteiger partial charge in [-0.25, -0.2) is 23.1 Å². The van der Waals surface area contributed by atoms with Gasteiger partial charge in [0.25, 0.3) is 0 Å². The van der Waals surface area contributed by atoms with E-state index in [2.05, 4.69) is 20.0 Å². The van der Waals surface area contributed by atoms with Gasteiger partial charge in [0.15, 0.2) is 0 Å². The summed E-state index contributed by atoms with van der Waals surface area (Å²) >= 11 is 0. The third-order valence-electron chi connectivity index (χ3n) is 2.98. The molecule has 0 fully saturated rings. The van der Waals surface area contributed by atoms with Gasteiger partial charge < -0.3 is 5.32 Å². The van der Waals surface area contributed by atoms with Crippen molar-refractivity contribution in [3.8, 4) is 0 Å². The van der Waals surface area contributed by atoms with Crippen molar-refractivity contribution < 1.29 is 8.42 Å². The summed E-state index contributed by atoms with van der Waals surface area (Å²) in [5.41, 5.74) is 1.92. The largest absolute Gasteiger partial charge is 0.353 e. The summed E-state index contributed by atoms with van der Waals surface area (Å²) in [7, 11) is -3.46. The molecule has 0 atom stereocenters. The lowest BCUT2D eigenvalue weighted by atomic mass is 10.3. The molecule has 0 aliphatic rings. The summed E-state index contributed by atoms with van der Waals surface area (Å²) in [6, 6.07) is 8.27. The molecule has 0 spiro atoms. The van der Waals surface area contributed by atoms with Crippen molar-refractivity contribution in [2.75, 3.05) is 18.4 Å². The number of hydrogen-bond donors (Lipinski definition) is 2. The number of aromatic nitrogens is 2. The molecule has 0 amide bonds. The topological polar surface area (TPSA) is 84.0 Å². The van der Waals surface area contributed by atoms with Gasteiger partial charge in [-0.05, 0) is 31.5 Å². The molecule has 0 aliphatic carbocycles. The molecule has 0 bridgehead atoms. The van der Waals surface area contributed by atoms with Gasteiger partial charge in [-0.3, -0.25) is 0 Å². The molecular weight excluding hydrogens is 288 g/mol. The van der Waals surface area contributed by atoms with E-state index in [-0.39, 0.29) is 11.4 Å². The Labute approximate surface area is 124 Å². The minimum atomic E-state index is -3.46. The Bertz CT molecular complexity index is 702. The second-order valence-corrected chi connectivity index (χ2v) is 6.37. The molecule has 21 heavy (non-hydrogen) atoms. The van der Waals surface area contributed by atoms with Gasteiger partial charge in [0.05, 0.1) is 4.90 Å². The van der Waals surface area contributed by atoms with Crippen LogP contribution in [-0.4, -0.2) is 31.5 Å². The second-order valence-electron chi connectivity index (χ2n) is 4.60. The predicted octanol–water partition coefficient (Wildman–Crippen LogP) is 1.48. The first kappa shape index (κ1) is 15.4. The molecule has 1 aromatic carbocycles. The van der Waals surface area contributed by atoms with Crippen LogP contribution in [0.2, 0.25) is 0 Å².